The third-order valence-corrected chi connectivity index (χ3v) is 2.80. The molecule has 2 nitrogen and oxygen atoms in total. The van der Waals surface area contributed by atoms with E-state index in [9.17, 15) is 4.79 Å². The molecule has 0 radical (unpaired) electrons. The fraction of sp³-hybridized carbons (Fsp3) is 0.222. The summed E-state index contributed by atoms with van der Waals surface area (Å²) in [4.78, 5) is 10.1. The average molecular weight is 298 g/mol. The Hall–Kier alpha value is -0.250. The van der Waals surface area contributed by atoms with E-state index in [4.69, 9.17) is 27.9 Å². The number of carbonyl (C=O) groups is 1. The average Bonchev–Trinajstić information content (AvgIpc) is 2.07. The first-order valence-electron chi connectivity index (χ1n) is 3.77. The Balaban J connectivity index is 3.07. The molecule has 0 amide bonds. The zero-order valence-corrected chi connectivity index (χ0v) is 10.4. The molecule has 0 saturated heterocycles. The number of hydrogen-bond acceptors (Lipinski definition) is 2. The molecular weight excluding hydrogens is 291 g/mol. The number of halogens is 3. The number of ether oxygens (including phenoxy) is 1. The standard InChI is InChI=1S/C9H7BrCl2O2/c1-5(13)14-7-4-2-3-6(8(7)10)9(11)12/h2-4,9H,1H3. The van der Waals surface area contributed by atoms with Crippen LogP contribution in [0.1, 0.15) is 17.3 Å². The van der Waals surface area contributed by atoms with Crippen molar-refractivity contribution >= 4 is 45.1 Å². The van der Waals surface area contributed by atoms with E-state index >= 15 is 0 Å². The van der Waals surface area contributed by atoms with Crippen LogP contribution in [-0.2, 0) is 4.79 Å². The molecule has 0 atom stereocenters. The van der Waals surface area contributed by atoms with Gasteiger partial charge in [0.25, 0.3) is 0 Å². The van der Waals surface area contributed by atoms with E-state index < -0.39 is 4.84 Å². The lowest BCUT2D eigenvalue weighted by Gasteiger charge is -2.09. The largest absolute Gasteiger partial charge is 0.426 e. The molecule has 14 heavy (non-hydrogen) atoms. The van der Waals surface area contributed by atoms with Gasteiger partial charge in [0, 0.05) is 12.5 Å². The Morgan fingerprint density at radius 3 is 2.64 bits per heavy atom. The predicted octanol–water partition coefficient (Wildman–Crippen LogP) is 3.85. The molecule has 0 aliphatic carbocycles. The maximum absolute atomic E-state index is 10.7. The SMILES string of the molecule is CC(=O)Oc1cccc(C(Cl)Cl)c1Br. The van der Waals surface area contributed by atoms with E-state index in [1.165, 1.54) is 6.92 Å². The highest BCUT2D eigenvalue weighted by Crippen LogP contribution is 2.36. The molecule has 0 unspecified atom stereocenters. The lowest BCUT2D eigenvalue weighted by atomic mass is 10.2. The second-order valence-corrected chi connectivity index (χ2v) is 4.44. The first kappa shape index (κ1) is 11.8. The van der Waals surface area contributed by atoms with Gasteiger partial charge in [-0.2, -0.15) is 0 Å². The molecule has 0 bridgehead atoms. The summed E-state index contributed by atoms with van der Waals surface area (Å²) in [6.07, 6.45) is 0. The van der Waals surface area contributed by atoms with Gasteiger partial charge in [-0.15, -0.1) is 23.2 Å². The Morgan fingerprint density at radius 1 is 1.50 bits per heavy atom. The van der Waals surface area contributed by atoms with Gasteiger partial charge in [-0.1, -0.05) is 12.1 Å². The van der Waals surface area contributed by atoms with E-state index in [1.807, 2.05) is 0 Å². The summed E-state index contributed by atoms with van der Waals surface area (Å²) in [5, 5.41) is 0. The van der Waals surface area contributed by atoms with Gasteiger partial charge < -0.3 is 4.74 Å². The Morgan fingerprint density at radius 2 is 2.14 bits per heavy atom. The molecule has 76 valence electrons. The van der Waals surface area contributed by atoms with Crippen molar-refractivity contribution in [2.24, 2.45) is 0 Å². The highest BCUT2D eigenvalue weighted by molar-refractivity contribution is 9.10. The number of esters is 1. The maximum atomic E-state index is 10.7. The van der Waals surface area contributed by atoms with Crippen molar-refractivity contribution in [3.8, 4) is 5.75 Å². The van der Waals surface area contributed by atoms with Crippen LogP contribution in [0.25, 0.3) is 0 Å². The van der Waals surface area contributed by atoms with Crippen LogP contribution in [0, 0.1) is 0 Å². The second kappa shape index (κ2) is 5.01. The van der Waals surface area contributed by atoms with Gasteiger partial charge in [-0.25, -0.2) is 0 Å². The van der Waals surface area contributed by atoms with Crippen molar-refractivity contribution < 1.29 is 9.53 Å². The normalized spacial score (nSPS) is 10.4. The molecule has 0 aromatic heterocycles. The van der Waals surface area contributed by atoms with Crippen molar-refractivity contribution in [2.45, 2.75) is 11.8 Å². The summed E-state index contributed by atoms with van der Waals surface area (Å²) in [6.45, 7) is 1.33. The summed E-state index contributed by atoms with van der Waals surface area (Å²) < 4.78 is 5.53. The smallest absolute Gasteiger partial charge is 0.308 e. The molecule has 0 aliphatic heterocycles. The minimum absolute atomic E-state index is 0.386. The minimum atomic E-state index is -0.653. The third-order valence-electron chi connectivity index (χ3n) is 1.48. The summed E-state index contributed by atoms with van der Waals surface area (Å²) in [5.74, 6) is 0.0323. The quantitative estimate of drug-likeness (QED) is 0.471. The van der Waals surface area contributed by atoms with Gasteiger partial charge in [0.2, 0.25) is 0 Å². The summed E-state index contributed by atoms with van der Waals surface area (Å²) in [5.41, 5.74) is 0.673. The lowest BCUT2D eigenvalue weighted by Crippen LogP contribution is -2.02. The van der Waals surface area contributed by atoms with Gasteiger partial charge >= 0.3 is 5.97 Å². The van der Waals surface area contributed by atoms with Crippen molar-refractivity contribution in [1.82, 2.24) is 0 Å². The van der Waals surface area contributed by atoms with Crippen molar-refractivity contribution in [2.75, 3.05) is 0 Å². The molecule has 0 N–H and O–H groups in total. The molecule has 1 aromatic carbocycles. The van der Waals surface area contributed by atoms with Crippen molar-refractivity contribution in [1.29, 1.82) is 0 Å². The summed E-state index contributed by atoms with van der Waals surface area (Å²) in [6, 6.07) is 5.13. The fourth-order valence-electron chi connectivity index (χ4n) is 0.930. The molecule has 0 aliphatic rings. The van der Waals surface area contributed by atoms with Crippen LogP contribution >= 0.6 is 39.1 Å². The third kappa shape index (κ3) is 2.87. The summed E-state index contributed by atoms with van der Waals surface area (Å²) >= 11 is 14.7. The molecular formula is C9H7BrCl2O2. The van der Waals surface area contributed by atoms with E-state index in [0.717, 1.165) is 0 Å². The molecule has 1 aromatic rings. The Bertz CT molecular complexity index is 353. The number of benzene rings is 1. The Kier molecular flexibility index (Phi) is 4.23. The molecule has 0 heterocycles. The first-order chi connectivity index (χ1) is 6.52. The molecule has 0 fully saturated rings. The molecule has 0 saturated carbocycles. The topological polar surface area (TPSA) is 26.3 Å². The maximum Gasteiger partial charge on any atom is 0.308 e. The molecule has 5 heteroatoms. The van der Waals surface area contributed by atoms with Crippen LogP contribution in [0.5, 0.6) is 5.75 Å². The number of rotatable bonds is 2. The highest BCUT2D eigenvalue weighted by atomic mass is 79.9. The second-order valence-electron chi connectivity index (χ2n) is 2.55. The van der Waals surface area contributed by atoms with Crippen molar-refractivity contribution in [3.05, 3.63) is 28.2 Å². The van der Waals surface area contributed by atoms with Crippen LogP contribution in [0.2, 0.25) is 0 Å². The van der Waals surface area contributed by atoms with E-state index in [-0.39, 0.29) is 5.97 Å². The molecule has 1 rings (SSSR count). The number of hydrogen-bond donors (Lipinski definition) is 0. The van der Waals surface area contributed by atoms with Crippen LogP contribution < -0.4 is 4.74 Å². The van der Waals surface area contributed by atoms with Gasteiger partial charge in [-0.05, 0) is 22.0 Å². The Labute approximate surface area is 100 Å². The lowest BCUT2D eigenvalue weighted by molar-refractivity contribution is -0.131. The van der Waals surface area contributed by atoms with Crippen molar-refractivity contribution in [3.63, 3.8) is 0 Å². The highest BCUT2D eigenvalue weighted by Gasteiger charge is 2.13. The monoisotopic (exact) mass is 296 g/mol. The summed E-state index contributed by atoms with van der Waals surface area (Å²) in [7, 11) is 0. The van der Waals surface area contributed by atoms with Gasteiger partial charge in [0.15, 0.2) is 0 Å². The van der Waals surface area contributed by atoms with E-state index in [1.54, 1.807) is 18.2 Å². The fourth-order valence-corrected chi connectivity index (χ4v) is 2.13. The zero-order valence-electron chi connectivity index (χ0n) is 7.26. The van der Waals surface area contributed by atoms with Crippen LogP contribution in [0.3, 0.4) is 0 Å². The zero-order chi connectivity index (χ0) is 10.7. The van der Waals surface area contributed by atoms with Gasteiger partial charge in [-0.3, -0.25) is 4.79 Å². The molecule has 0 spiro atoms. The van der Waals surface area contributed by atoms with E-state index in [2.05, 4.69) is 15.9 Å². The van der Waals surface area contributed by atoms with Crippen LogP contribution in [0.4, 0.5) is 0 Å². The first-order valence-corrected chi connectivity index (χ1v) is 5.44. The van der Waals surface area contributed by atoms with E-state index in [0.29, 0.717) is 15.8 Å². The van der Waals surface area contributed by atoms with Gasteiger partial charge in [0.05, 0.1) is 4.47 Å². The van der Waals surface area contributed by atoms with Crippen LogP contribution in [-0.4, -0.2) is 5.97 Å². The number of alkyl halides is 2. The van der Waals surface area contributed by atoms with Crippen LogP contribution in [0.15, 0.2) is 22.7 Å². The number of carbonyl (C=O) groups excluding carboxylic acids is 1. The predicted molar refractivity (Wildman–Crippen MR) is 59.9 cm³/mol. The van der Waals surface area contributed by atoms with Gasteiger partial charge in [0.1, 0.15) is 10.6 Å². The minimum Gasteiger partial charge on any atom is -0.426 e.